The van der Waals surface area contributed by atoms with Gasteiger partial charge in [-0.3, -0.25) is 4.98 Å². The van der Waals surface area contributed by atoms with Gasteiger partial charge in [-0.15, -0.1) is 0 Å². The molecule has 2 aromatic carbocycles. The van der Waals surface area contributed by atoms with Gasteiger partial charge in [0.15, 0.2) is 0 Å². The van der Waals surface area contributed by atoms with Gasteiger partial charge in [-0.25, -0.2) is 13.4 Å². The molecule has 1 saturated heterocycles. The highest BCUT2D eigenvalue weighted by molar-refractivity contribution is 7.89. The number of anilines is 1. The van der Waals surface area contributed by atoms with E-state index in [0.717, 1.165) is 33.5 Å². The third kappa shape index (κ3) is 3.85. The SMILES string of the molecule is Cc1ccc(S(=O)(=O)N2CCN(c3cc(-c4ccccn4)nc4ccccc34)CC2)cc1. The fourth-order valence-corrected chi connectivity index (χ4v) is 5.51. The van der Waals surface area contributed by atoms with Crippen molar-refractivity contribution in [1.29, 1.82) is 0 Å². The highest BCUT2D eigenvalue weighted by atomic mass is 32.2. The van der Waals surface area contributed by atoms with E-state index in [1.54, 1.807) is 22.6 Å². The highest BCUT2D eigenvalue weighted by Gasteiger charge is 2.29. The van der Waals surface area contributed by atoms with E-state index in [9.17, 15) is 8.42 Å². The van der Waals surface area contributed by atoms with E-state index in [0.29, 0.717) is 31.1 Å². The molecule has 1 aliphatic rings. The van der Waals surface area contributed by atoms with E-state index < -0.39 is 10.0 Å². The Kier molecular flexibility index (Phi) is 5.36. The molecule has 0 saturated carbocycles. The molecule has 0 radical (unpaired) electrons. The predicted octanol–water partition coefficient (Wildman–Crippen LogP) is 4.12. The van der Waals surface area contributed by atoms with Gasteiger partial charge in [-0.1, -0.05) is 42.0 Å². The van der Waals surface area contributed by atoms with Crippen molar-refractivity contribution in [1.82, 2.24) is 14.3 Å². The smallest absolute Gasteiger partial charge is 0.243 e. The van der Waals surface area contributed by atoms with E-state index in [1.165, 1.54) is 0 Å². The molecule has 6 nitrogen and oxygen atoms in total. The number of hydrogen-bond donors (Lipinski definition) is 0. The van der Waals surface area contributed by atoms with Crippen LogP contribution in [-0.4, -0.2) is 48.9 Å². The fraction of sp³-hybridized carbons (Fsp3) is 0.200. The molecule has 0 amide bonds. The normalized spacial score (nSPS) is 15.2. The first kappa shape index (κ1) is 20.6. The van der Waals surface area contributed by atoms with Crippen LogP contribution in [0.25, 0.3) is 22.3 Å². The lowest BCUT2D eigenvalue weighted by atomic mass is 10.1. The van der Waals surface area contributed by atoms with Crippen molar-refractivity contribution in [2.45, 2.75) is 11.8 Å². The largest absolute Gasteiger partial charge is 0.368 e. The van der Waals surface area contributed by atoms with Gasteiger partial charge in [0, 0.05) is 43.4 Å². The highest BCUT2D eigenvalue weighted by Crippen LogP contribution is 2.31. The average Bonchev–Trinajstić information content (AvgIpc) is 2.84. The number of fused-ring (bicyclic) bond motifs is 1. The Morgan fingerprint density at radius 2 is 1.53 bits per heavy atom. The van der Waals surface area contributed by atoms with Crippen LogP contribution in [0, 0.1) is 6.92 Å². The summed E-state index contributed by atoms with van der Waals surface area (Å²) < 4.78 is 27.7. The van der Waals surface area contributed by atoms with Crippen molar-refractivity contribution >= 4 is 26.6 Å². The summed E-state index contributed by atoms with van der Waals surface area (Å²) in [5.74, 6) is 0. The first-order chi connectivity index (χ1) is 15.5. The lowest BCUT2D eigenvalue weighted by Crippen LogP contribution is -2.48. The zero-order valence-electron chi connectivity index (χ0n) is 17.8. The summed E-state index contributed by atoms with van der Waals surface area (Å²) in [4.78, 5) is 11.9. The Balaban J connectivity index is 1.44. The van der Waals surface area contributed by atoms with Crippen LogP contribution in [0.3, 0.4) is 0 Å². The molecule has 162 valence electrons. The molecule has 0 spiro atoms. The first-order valence-corrected chi connectivity index (χ1v) is 12.1. The zero-order chi connectivity index (χ0) is 22.1. The van der Waals surface area contributed by atoms with Crippen molar-refractivity contribution in [2.75, 3.05) is 31.1 Å². The molecule has 32 heavy (non-hydrogen) atoms. The molecule has 4 aromatic rings. The second-order valence-electron chi connectivity index (χ2n) is 7.96. The summed E-state index contributed by atoms with van der Waals surface area (Å²) in [6.07, 6.45) is 1.76. The lowest BCUT2D eigenvalue weighted by molar-refractivity contribution is 0.385. The molecule has 1 fully saturated rings. The van der Waals surface area contributed by atoms with E-state index in [1.807, 2.05) is 55.5 Å². The number of piperazine rings is 1. The van der Waals surface area contributed by atoms with E-state index in [4.69, 9.17) is 4.98 Å². The predicted molar refractivity (Wildman–Crippen MR) is 127 cm³/mol. The summed E-state index contributed by atoms with van der Waals surface area (Å²) in [5, 5.41) is 1.06. The second-order valence-corrected chi connectivity index (χ2v) is 9.90. The standard InChI is InChI=1S/C25H24N4O2S/c1-19-9-11-20(12-10-19)32(30,31)29-16-14-28(15-17-29)25-18-24(23-8-4-5-13-26-23)27-22-7-3-2-6-21(22)25/h2-13,18H,14-17H2,1H3. The van der Waals surface area contributed by atoms with Crippen LogP contribution in [0.15, 0.2) is 83.9 Å². The van der Waals surface area contributed by atoms with Crippen LogP contribution in [0.4, 0.5) is 5.69 Å². The number of aromatic nitrogens is 2. The van der Waals surface area contributed by atoms with Crippen molar-refractivity contribution in [3.8, 4) is 11.4 Å². The Hall–Kier alpha value is -3.29. The number of hydrogen-bond acceptors (Lipinski definition) is 5. The Morgan fingerprint density at radius 3 is 2.25 bits per heavy atom. The number of para-hydroxylation sites is 1. The summed E-state index contributed by atoms with van der Waals surface area (Å²) in [6.45, 7) is 4.05. The number of benzene rings is 2. The lowest BCUT2D eigenvalue weighted by Gasteiger charge is -2.36. The van der Waals surface area contributed by atoms with Gasteiger partial charge in [0.25, 0.3) is 0 Å². The molecule has 5 rings (SSSR count). The Labute approximate surface area is 188 Å². The number of rotatable bonds is 4. The minimum Gasteiger partial charge on any atom is -0.368 e. The van der Waals surface area contributed by atoms with Crippen molar-refractivity contribution in [2.24, 2.45) is 0 Å². The van der Waals surface area contributed by atoms with Gasteiger partial charge in [-0.05, 0) is 43.3 Å². The summed E-state index contributed by atoms with van der Waals surface area (Å²) in [7, 11) is -3.49. The summed E-state index contributed by atoms with van der Waals surface area (Å²) in [5.41, 5.74) is 4.64. The monoisotopic (exact) mass is 444 g/mol. The van der Waals surface area contributed by atoms with Crippen LogP contribution in [0.1, 0.15) is 5.56 Å². The average molecular weight is 445 g/mol. The van der Waals surface area contributed by atoms with Crippen molar-refractivity contribution in [3.63, 3.8) is 0 Å². The number of pyridine rings is 2. The molecular formula is C25H24N4O2S. The first-order valence-electron chi connectivity index (χ1n) is 10.7. The van der Waals surface area contributed by atoms with E-state index in [2.05, 4.69) is 22.0 Å². The number of sulfonamides is 1. The van der Waals surface area contributed by atoms with Gasteiger partial charge >= 0.3 is 0 Å². The minimum atomic E-state index is -3.49. The van der Waals surface area contributed by atoms with E-state index in [-0.39, 0.29) is 0 Å². The maximum absolute atomic E-state index is 13.1. The number of aryl methyl sites for hydroxylation is 1. The fourth-order valence-electron chi connectivity index (χ4n) is 4.09. The van der Waals surface area contributed by atoms with Crippen LogP contribution in [-0.2, 0) is 10.0 Å². The van der Waals surface area contributed by atoms with Crippen LogP contribution in [0.5, 0.6) is 0 Å². The van der Waals surface area contributed by atoms with E-state index >= 15 is 0 Å². The molecule has 7 heteroatoms. The topological polar surface area (TPSA) is 66.4 Å². The third-order valence-corrected chi connectivity index (χ3v) is 7.77. The molecule has 2 aromatic heterocycles. The third-order valence-electron chi connectivity index (χ3n) is 5.86. The molecule has 3 heterocycles. The van der Waals surface area contributed by atoms with Gasteiger partial charge < -0.3 is 4.90 Å². The van der Waals surface area contributed by atoms with Gasteiger partial charge in [0.1, 0.15) is 0 Å². The molecule has 0 unspecified atom stereocenters. The Morgan fingerprint density at radius 1 is 0.812 bits per heavy atom. The molecule has 1 aliphatic heterocycles. The maximum atomic E-state index is 13.1. The van der Waals surface area contributed by atoms with Crippen molar-refractivity contribution < 1.29 is 8.42 Å². The number of nitrogens with zero attached hydrogens (tertiary/aromatic N) is 4. The van der Waals surface area contributed by atoms with Crippen LogP contribution >= 0.6 is 0 Å². The maximum Gasteiger partial charge on any atom is 0.243 e. The molecule has 0 bridgehead atoms. The minimum absolute atomic E-state index is 0.350. The summed E-state index contributed by atoms with van der Waals surface area (Å²) >= 11 is 0. The van der Waals surface area contributed by atoms with Gasteiger partial charge in [-0.2, -0.15) is 4.31 Å². The zero-order valence-corrected chi connectivity index (χ0v) is 18.7. The molecular weight excluding hydrogens is 420 g/mol. The van der Waals surface area contributed by atoms with Crippen molar-refractivity contribution in [3.05, 3.63) is 84.6 Å². The summed E-state index contributed by atoms with van der Waals surface area (Å²) in [6, 6.07) is 23.0. The second kappa shape index (κ2) is 8.33. The molecule has 0 atom stereocenters. The molecule has 0 aliphatic carbocycles. The Bertz CT molecular complexity index is 1350. The van der Waals surface area contributed by atoms with Gasteiger partial charge in [0.05, 0.1) is 21.8 Å². The van der Waals surface area contributed by atoms with Gasteiger partial charge in [0.2, 0.25) is 10.0 Å². The quantitative estimate of drug-likeness (QED) is 0.474. The van der Waals surface area contributed by atoms with Crippen LogP contribution < -0.4 is 4.90 Å². The van der Waals surface area contributed by atoms with Crippen LogP contribution in [0.2, 0.25) is 0 Å². The molecule has 0 N–H and O–H groups in total.